The third-order valence-electron chi connectivity index (χ3n) is 5.80. The van der Waals surface area contributed by atoms with Crippen LogP contribution in [-0.2, 0) is 27.5 Å². The molecule has 0 aliphatic carbocycles. The monoisotopic (exact) mass is 485 g/mol. The molecule has 0 unspecified atom stereocenters. The van der Waals surface area contributed by atoms with Gasteiger partial charge in [0.05, 0.1) is 12.2 Å². The lowest BCUT2D eigenvalue weighted by Crippen LogP contribution is -2.07. The number of aryl methyl sites for hydroxylation is 2. The summed E-state index contributed by atoms with van der Waals surface area (Å²) in [5.74, 6) is -0.781. The molecular weight excluding hydrogens is 458 g/mol. The highest BCUT2D eigenvalue weighted by molar-refractivity contribution is 5.92. The Balaban J connectivity index is 1.46. The van der Waals surface area contributed by atoms with Gasteiger partial charge in [-0.25, -0.2) is 9.59 Å². The highest BCUT2D eigenvalue weighted by Gasteiger charge is 2.12. The van der Waals surface area contributed by atoms with Gasteiger partial charge in [-0.15, -0.1) is 0 Å². The number of nitrogens with one attached hydrogen (secondary N) is 1. The summed E-state index contributed by atoms with van der Waals surface area (Å²) < 4.78 is 12.6. The number of rotatable bonds is 7. The number of hydrogen-bond acceptors (Lipinski definition) is 6. The van der Waals surface area contributed by atoms with Crippen molar-refractivity contribution in [2.24, 2.45) is 0 Å². The van der Waals surface area contributed by atoms with Crippen LogP contribution in [0, 0.1) is 20.8 Å². The Hall–Kier alpha value is -4.46. The summed E-state index contributed by atoms with van der Waals surface area (Å²) in [6, 6.07) is 14.5. The van der Waals surface area contributed by atoms with Gasteiger partial charge in [0.15, 0.2) is 0 Å². The molecule has 4 aromatic rings. The molecule has 0 fully saturated rings. The van der Waals surface area contributed by atoms with E-state index >= 15 is 0 Å². The lowest BCUT2D eigenvalue weighted by molar-refractivity contribution is -0.138. The summed E-state index contributed by atoms with van der Waals surface area (Å²) in [5, 5.41) is 7.87. The van der Waals surface area contributed by atoms with Crippen molar-refractivity contribution in [1.29, 1.82) is 0 Å². The van der Waals surface area contributed by atoms with Crippen molar-refractivity contribution in [3.8, 4) is 0 Å². The number of ether oxygens (including phenoxy) is 1. The van der Waals surface area contributed by atoms with Gasteiger partial charge in [0.1, 0.15) is 12.2 Å². The van der Waals surface area contributed by atoms with Crippen molar-refractivity contribution in [1.82, 2.24) is 9.78 Å². The molecule has 0 bridgehead atoms. The summed E-state index contributed by atoms with van der Waals surface area (Å²) in [7, 11) is 0. The largest absolute Gasteiger partial charge is 0.458 e. The molecule has 0 saturated carbocycles. The Morgan fingerprint density at radius 3 is 2.56 bits per heavy atom. The van der Waals surface area contributed by atoms with Gasteiger partial charge in [-0.1, -0.05) is 29.8 Å². The fourth-order valence-electron chi connectivity index (χ4n) is 3.95. The number of carbonyl (C=O) groups is 2. The third-order valence-corrected chi connectivity index (χ3v) is 5.80. The Kier molecular flexibility index (Phi) is 7.15. The zero-order valence-corrected chi connectivity index (χ0v) is 20.6. The van der Waals surface area contributed by atoms with Gasteiger partial charge in [-0.3, -0.25) is 9.48 Å². The Morgan fingerprint density at radius 1 is 1.08 bits per heavy atom. The predicted octanol–water partition coefficient (Wildman–Crippen LogP) is 4.68. The second kappa shape index (κ2) is 10.4. The van der Waals surface area contributed by atoms with Crippen LogP contribution in [-0.4, -0.2) is 21.7 Å². The first-order valence-corrected chi connectivity index (χ1v) is 11.5. The highest BCUT2D eigenvalue weighted by atomic mass is 16.5. The summed E-state index contributed by atoms with van der Waals surface area (Å²) in [6.45, 7) is 7.84. The topological polar surface area (TPSA) is 103 Å². The fraction of sp³-hybridized carbons (Fsp3) is 0.214. The van der Waals surface area contributed by atoms with Gasteiger partial charge in [0.2, 0.25) is 5.91 Å². The minimum absolute atomic E-state index is 0.102. The first-order chi connectivity index (χ1) is 17.2. The first kappa shape index (κ1) is 24.7. The van der Waals surface area contributed by atoms with Crippen LogP contribution in [0.1, 0.15) is 40.6 Å². The molecule has 184 valence electrons. The summed E-state index contributed by atoms with van der Waals surface area (Å²) >= 11 is 0. The summed E-state index contributed by atoms with van der Waals surface area (Å²) in [4.78, 5) is 35.7. The predicted molar refractivity (Wildman–Crippen MR) is 138 cm³/mol. The van der Waals surface area contributed by atoms with Crippen LogP contribution in [0.15, 0.2) is 63.8 Å². The molecule has 4 rings (SSSR count). The molecule has 2 aromatic carbocycles. The molecule has 2 aromatic heterocycles. The zero-order chi connectivity index (χ0) is 25.8. The van der Waals surface area contributed by atoms with Crippen LogP contribution in [0.3, 0.4) is 0 Å². The molecule has 8 heteroatoms. The van der Waals surface area contributed by atoms with Crippen LogP contribution >= 0.6 is 0 Å². The highest BCUT2D eigenvalue weighted by Crippen LogP contribution is 2.22. The number of esters is 1. The van der Waals surface area contributed by atoms with Crippen LogP contribution in [0.5, 0.6) is 0 Å². The number of benzene rings is 2. The van der Waals surface area contributed by atoms with E-state index in [2.05, 4.69) is 34.7 Å². The minimum atomic E-state index is -0.573. The van der Waals surface area contributed by atoms with Crippen molar-refractivity contribution >= 4 is 34.6 Å². The van der Waals surface area contributed by atoms with Crippen molar-refractivity contribution < 1.29 is 18.7 Å². The summed E-state index contributed by atoms with van der Waals surface area (Å²) in [5.41, 5.74) is 5.69. The molecule has 0 radical (unpaired) electrons. The van der Waals surface area contributed by atoms with Crippen molar-refractivity contribution in [3.63, 3.8) is 0 Å². The van der Waals surface area contributed by atoms with Crippen molar-refractivity contribution in [2.45, 2.75) is 40.8 Å². The molecule has 0 aliphatic rings. The Bertz CT molecular complexity index is 1530. The number of anilines is 1. The smallest absolute Gasteiger partial charge is 0.336 e. The lowest BCUT2D eigenvalue weighted by Gasteiger charge is -2.08. The SMILES string of the molecule is CC(=O)Nc1ccc2c(COC(=O)/C=C/c3c(C)nn(Cc4ccc(C)cc4)c3C)cc(=O)oc2c1. The van der Waals surface area contributed by atoms with E-state index in [1.165, 1.54) is 24.6 Å². The molecule has 36 heavy (non-hydrogen) atoms. The van der Waals surface area contributed by atoms with Crippen molar-refractivity contribution in [2.75, 3.05) is 5.32 Å². The molecule has 0 aliphatic heterocycles. The number of hydrogen-bond donors (Lipinski definition) is 1. The molecule has 1 N–H and O–H groups in total. The maximum Gasteiger partial charge on any atom is 0.336 e. The van der Waals surface area contributed by atoms with E-state index in [4.69, 9.17) is 9.15 Å². The van der Waals surface area contributed by atoms with E-state index in [0.29, 0.717) is 28.8 Å². The van der Waals surface area contributed by atoms with E-state index < -0.39 is 11.6 Å². The van der Waals surface area contributed by atoms with Gasteiger partial charge in [0.25, 0.3) is 0 Å². The number of carbonyl (C=O) groups excluding carboxylic acids is 2. The second-order valence-corrected chi connectivity index (χ2v) is 8.65. The standard InChI is InChI=1S/C28H27N3O5/c1-17-5-7-21(8-6-17)15-31-19(3)24(18(2)30-31)11-12-27(33)35-16-22-13-28(34)36-26-14-23(29-20(4)32)9-10-25(22)26/h5-14H,15-16H2,1-4H3,(H,29,32)/b12-11+. The normalized spacial score (nSPS) is 11.2. The number of nitrogens with zero attached hydrogens (tertiary/aromatic N) is 2. The molecule has 0 spiro atoms. The number of fused-ring (bicyclic) bond motifs is 1. The van der Waals surface area contributed by atoms with E-state index in [1.807, 2.05) is 25.5 Å². The van der Waals surface area contributed by atoms with Crippen molar-refractivity contribution in [3.05, 3.63) is 98.7 Å². The van der Waals surface area contributed by atoms with Gasteiger partial charge in [-0.2, -0.15) is 5.10 Å². The fourth-order valence-corrected chi connectivity index (χ4v) is 3.95. The summed E-state index contributed by atoms with van der Waals surface area (Å²) in [6.07, 6.45) is 3.05. The van der Waals surface area contributed by atoms with E-state index in [1.54, 1.807) is 24.3 Å². The molecule has 2 heterocycles. The number of amides is 1. The average Bonchev–Trinajstić information content (AvgIpc) is 3.08. The Morgan fingerprint density at radius 2 is 1.83 bits per heavy atom. The molecule has 8 nitrogen and oxygen atoms in total. The van der Waals surface area contributed by atoms with Gasteiger partial charge < -0.3 is 14.5 Å². The molecule has 0 saturated heterocycles. The van der Waals surface area contributed by atoms with Crippen LogP contribution < -0.4 is 10.9 Å². The van der Waals surface area contributed by atoms with E-state index in [-0.39, 0.29) is 12.5 Å². The Labute approximate surface area is 208 Å². The molecule has 0 atom stereocenters. The first-order valence-electron chi connectivity index (χ1n) is 11.5. The zero-order valence-electron chi connectivity index (χ0n) is 20.6. The third kappa shape index (κ3) is 5.78. The quantitative estimate of drug-likeness (QED) is 0.232. The van der Waals surface area contributed by atoms with Crippen LogP contribution in [0.4, 0.5) is 5.69 Å². The van der Waals surface area contributed by atoms with Gasteiger partial charge in [0, 0.05) is 53.0 Å². The van der Waals surface area contributed by atoms with E-state index in [9.17, 15) is 14.4 Å². The maximum atomic E-state index is 12.5. The van der Waals surface area contributed by atoms with E-state index in [0.717, 1.165) is 22.5 Å². The van der Waals surface area contributed by atoms with Crippen LogP contribution in [0.2, 0.25) is 0 Å². The van der Waals surface area contributed by atoms with Gasteiger partial charge in [-0.05, 0) is 44.5 Å². The average molecular weight is 486 g/mol. The molecular formula is C28H27N3O5. The lowest BCUT2D eigenvalue weighted by atomic mass is 10.1. The van der Waals surface area contributed by atoms with Crippen LogP contribution in [0.25, 0.3) is 17.0 Å². The van der Waals surface area contributed by atoms with Gasteiger partial charge >= 0.3 is 11.6 Å². The number of aromatic nitrogens is 2. The maximum absolute atomic E-state index is 12.5. The second-order valence-electron chi connectivity index (χ2n) is 8.65. The minimum Gasteiger partial charge on any atom is -0.458 e. The molecule has 1 amide bonds.